The van der Waals surface area contributed by atoms with Gasteiger partial charge in [-0.05, 0) is 12.8 Å². The van der Waals surface area contributed by atoms with Crippen LogP contribution in [0.4, 0.5) is 0 Å². The first-order chi connectivity index (χ1) is 5.21. The van der Waals surface area contributed by atoms with Crippen LogP contribution >= 0.6 is 0 Å². The Morgan fingerprint density at radius 3 is 2.82 bits per heavy atom. The van der Waals surface area contributed by atoms with E-state index in [0.717, 1.165) is 0 Å². The lowest BCUT2D eigenvalue weighted by Gasteiger charge is -2.39. The van der Waals surface area contributed by atoms with Crippen LogP contribution in [0.2, 0.25) is 0 Å². The zero-order chi connectivity index (χ0) is 7.90. The molecule has 1 fully saturated rings. The molecular formula is C5H9N5O. The van der Waals surface area contributed by atoms with Gasteiger partial charge in [0.05, 0.1) is 11.6 Å². The number of nitrogens with one attached hydrogen (secondary N) is 1. The van der Waals surface area contributed by atoms with Gasteiger partial charge in [-0.25, -0.2) is 0 Å². The highest BCUT2D eigenvalue weighted by Gasteiger charge is 2.44. The van der Waals surface area contributed by atoms with Gasteiger partial charge in [0.2, 0.25) is 0 Å². The summed E-state index contributed by atoms with van der Waals surface area (Å²) >= 11 is 0. The lowest BCUT2D eigenvalue weighted by Crippen LogP contribution is -2.52. The first-order valence-electron chi connectivity index (χ1n) is 3.41. The minimum absolute atomic E-state index is 0.307. The number of hydrogen-bond donors (Lipinski definition) is 3. The second-order valence-electron chi connectivity index (χ2n) is 2.95. The Morgan fingerprint density at radius 2 is 2.36 bits per heavy atom. The Morgan fingerprint density at radius 1 is 1.64 bits per heavy atom. The molecule has 60 valence electrons. The molecule has 1 saturated carbocycles. The molecule has 0 aliphatic heterocycles. The SMILES string of the molecule is NC1(c2nn[nH]n2)CC(O)C1. The molecule has 0 atom stereocenters. The Kier molecular flexibility index (Phi) is 1.21. The number of aliphatic hydroxyl groups is 1. The second kappa shape index (κ2) is 1.99. The van der Waals surface area contributed by atoms with Gasteiger partial charge in [0.15, 0.2) is 5.82 Å². The lowest BCUT2D eigenvalue weighted by molar-refractivity contribution is 0.0165. The maximum atomic E-state index is 9.02. The first kappa shape index (κ1) is 6.68. The molecular weight excluding hydrogens is 146 g/mol. The van der Waals surface area contributed by atoms with Crippen molar-refractivity contribution in [1.82, 2.24) is 20.6 Å². The highest BCUT2D eigenvalue weighted by atomic mass is 16.3. The fraction of sp³-hybridized carbons (Fsp3) is 0.800. The van der Waals surface area contributed by atoms with Gasteiger partial charge in [0.1, 0.15) is 0 Å². The number of H-pyrrole nitrogens is 1. The van der Waals surface area contributed by atoms with E-state index in [2.05, 4.69) is 20.6 Å². The Labute approximate surface area is 62.8 Å². The topological polar surface area (TPSA) is 101 Å². The van der Waals surface area contributed by atoms with E-state index in [1.165, 1.54) is 0 Å². The van der Waals surface area contributed by atoms with Crippen LogP contribution in [0.15, 0.2) is 0 Å². The zero-order valence-electron chi connectivity index (χ0n) is 5.86. The average molecular weight is 155 g/mol. The molecule has 6 nitrogen and oxygen atoms in total. The average Bonchev–Trinajstić information content (AvgIpc) is 2.34. The fourth-order valence-corrected chi connectivity index (χ4v) is 1.34. The summed E-state index contributed by atoms with van der Waals surface area (Å²) in [6.07, 6.45) is 0.734. The highest BCUT2D eigenvalue weighted by Crippen LogP contribution is 2.36. The van der Waals surface area contributed by atoms with Crippen molar-refractivity contribution in [3.8, 4) is 0 Å². The summed E-state index contributed by atoms with van der Waals surface area (Å²) in [5.74, 6) is 0.489. The Balaban J connectivity index is 2.18. The molecule has 0 unspecified atom stereocenters. The molecule has 0 spiro atoms. The number of aliphatic hydroxyl groups excluding tert-OH is 1. The van der Waals surface area contributed by atoms with Gasteiger partial charge < -0.3 is 10.8 Å². The largest absolute Gasteiger partial charge is 0.393 e. The van der Waals surface area contributed by atoms with E-state index >= 15 is 0 Å². The molecule has 0 bridgehead atoms. The van der Waals surface area contributed by atoms with Gasteiger partial charge in [0.25, 0.3) is 0 Å². The summed E-state index contributed by atoms with van der Waals surface area (Å²) in [4.78, 5) is 0. The summed E-state index contributed by atoms with van der Waals surface area (Å²) in [6, 6.07) is 0. The number of tetrazole rings is 1. The Hall–Kier alpha value is -1.01. The third kappa shape index (κ3) is 0.908. The number of nitrogens with zero attached hydrogens (tertiary/aromatic N) is 3. The van der Waals surface area contributed by atoms with E-state index in [1.54, 1.807) is 0 Å². The van der Waals surface area contributed by atoms with Gasteiger partial charge in [-0.15, -0.1) is 10.2 Å². The molecule has 0 radical (unpaired) electrons. The lowest BCUT2D eigenvalue weighted by atomic mass is 9.75. The number of aromatic amines is 1. The van der Waals surface area contributed by atoms with E-state index in [9.17, 15) is 0 Å². The summed E-state index contributed by atoms with van der Waals surface area (Å²) in [5, 5.41) is 22.3. The normalized spacial score (nSPS) is 36.7. The second-order valence-corrected chi connectivity index (χ2v) is 2.95. The first-order valence-corrected chi connectivity index (χ1v) is 3.41. The van der Waals surface area contributed by atoms with E-state index in [0.29, 0.717) is 18.7 Å². The van der Waals surface area contributed by atoms with Crippen LogP contribution in [-0.2, 0) is 5.54 Å². The molecule has 6 heteroatoms. The van der Waals surface area contributed by atoms with Crippen molar-refractivity contribution in [3.63, 3.8) is 0 Å². The monoisotopic (exact) mass is 155 g/mol. The molecule has 1 aliphatic rings. The third-order valence-corrected chi connectivity index (χ3v) is 1.99. The van der Waals surface area contributed by atoms with Crippen LogP contribution in [0, 0.1) is 0 Å². The molecule has 0 amide bonds. The standard InChI is InChI=1S/C5H9N5O/c6-5(1-3(11)2-5)4-7-9-10-8-4/h3,11H,1-2,6H2,(H,7,8,9,10). The third-order valence-electron chi connectivity index (χ3n) is 1.99. The van der Waals surface area contributed by atoms with Crippen molar-refractivity contribution in [2.45, 2.75) is 24.5 Å². The molecule has 1 aromatic rings. The Bertz CT molecular complexity index is 239. The van der Waals surface area contributed by atoms with Crippen LogP contribution in [0.1, 0.15) is 18.7 Å². The number of nitrogens with two attached hydrogens (primary N) is 1. The van der Waals surface area contributed by atoms with Crippen molar-refractivity contribution >= 4 is 0 Å². The highest BCUT2D eigenvalue weighted by molar-refractivity contribution is 5.09. The summed E-state index contributed by atoms with van der Waals surface area (Å²) in [6.45, 7) is 0. The summed E-state index contributed by atoms with van der Waals surface area (Å²) in [5.41, 5.74) is 5.26. The quantitative estimate of drug-likeness (QED) is 0.458. The summed E-state index contributed by atoms with van der Waals surface area (Å²) in [7, 11) is 0. The molecule has 1 heterocycles. The fourth-order valence-electron chi connectivity index (χ4n) is 1.34. The molecule has 11 heavy (non-hydrogen) atoms. The van der Waals surface area contributed by atoms with E-state index < -0.39 is 5.54 Å². The van der Waals surface area contributed by atoms with Crippen molar-refractivity contribution < 1.29 is 5.11 Å². The van der Waals surface area contributed by atoms with Gasteiger partial charge in [-0.3, -0.25) is 0 Å². The number of hydrogen-bond acceptors (Lipinski definition) is 5. The van der Waals surface area contributed by atoms with Crippen molar-refractivity contribution in [2.24, 2.45) is 5.73 Å². The van der Waals surface area contributed by atoms with Crippen LogP contribution in [0.5, 0.6) is 0 Å². The molecule has 1 aromatic heterocycles. The molecule has 4 N–H and O–H groups in total. The van der Waals surface area contributed by atoms with E-state index in [-0.39, 0.29) is 6.10 Å². The zero-order valence-corrected chi connectivity index (χ0v) is 5.86. The van der Waals surface area contributed by atoms with E-state index in [4.69, 9.17) is 10.8 Å². The van der Waals surface area contributed by atoms with Gasteiger partial charge >= 0.3 is 0 Å². The minimum Gasteiger partial charge on any atom is -0.393 e. The van der Waals surface area contributed by atoms with Crippen LogP contribution in [0.3, 0.4) is 0 Å². The number of aromatic nitrogens is 4. The number of rotatable bonds is 1. The molecule has 0 aromatic carbocycles. The predicted molar refractivity (Wildman–Crippen MR) is 35.3 cm³/mol. The van der Waals surface area contributed by atoms with E-state index in [1.807, 2.05) is 0 Å². The van der Waals surface area contributed by atoms with Crippen molar-refractivity contribution in [3.05, 3.63) is 5.82 Å². The van der Waals surface area contributed by atoms with Gasteiger partial charge in [-0.1, -0.05) is 5.21 Å². The van der Waals surface area contributed by atoms with Gasteiger partial charge in [-0.2, -0.15) is 5.21 Å². The maximum absolute atomic E-state index is 9.02. The van der Waals surface area contributed by atoms with Gasteiger partial charge in [0, 0.05) is 0 Å². The molecule has 1 aliphatic carbocycles. The molecule has 0 saturated heterocycles. The van der Waals surface area contributed by atoms with Crippen LogP contribution < -0.4 is 5.73 Å². The van der Waals surface area contributed by atoms with Crippen molar-refractivity contribution in [1.29, 1.82) is 0 Å². The molecule has 2 rings (SSSR count). The van der Waals surface area contributed by atoms with Crippen LogP contribution in [-0.4, -0.2) is 31.8 Å². The maximum Gasteiger partial charge on any atom is 0.194 e. The summed E-state index contributed by atoms with van der Waals surface area (Å²) < 4.78 is 0. The minimum atomic E-state index is -0.549. The van der Waals surface area contributed by atoms with Crippen LogP contribution in [0.25, 0.3) is 0 Å². The predicted octanol–water partition coefficient (Wildman–Crippen LogP) is -1.49. The van der Waals surface area contributed by atoms with Crippen molar-refractivity contribution in [2.75, 3.05) is 0 Å². The smallest absolute Gasteiger partial charge is 0.194 e.